The van der Waals surface area contributed by atoms with E-state index in [0.717, 1.165) is 18.4 Å². The van der Waals surface area contributed by atoms with Crippen LogP contribution in [-0.2, 0) is 5.54 Å². The number of rotatable bonds is 2. The highest BCUT2D eigenvalue weighted by Crippen LogP contribution is 2.53. The topological polar surface area (TPSA) is 64.3 Å². The van der Waals surface area contributed by atoms with E-state index < -0.39 is 17.2 Å². The van der Waals surface area contributed by atoms with Crippen molar-refractivity contribution in [3.8, 4) is 6.07 Å². The lowest BCUT2D eigenvalue weighted by Gasteiger charge is -2.40. The van der Waals surface area contributed by atoms with E-state index in [0.29, 0.717) is 5.56 Å². The van der Waals surface area contributed by atoms with Gasteiger partial charge >= 0.3 is 6.09 Å². The van der Waals surface area contributed by atoms with Gasteiger partial charge in [-0.3, -0.25) is 4.90 Å². The van der Waals surface area contributed by atoms with E-state index in [1.54, 1.807) is 17.0 Å². The van der Waals surface area contributed by atoms with Crippen LogP contribution in [0.3, 0.4) is 0 Å². The van der Waals surface area contributed by atoms with Gasteiger partial charge < -0.3 is 5.11 Å². The van der Waals surface area contributed by atoms with Gasteiger partial charge in [0, 0.05) is 5.54 Å². The van der Waals surface area contributed by atoms with Crippen molar-refractivity contribution in [3.05, 3.63) is 35.4 Å². The number of benzene rings is 1. The van der Waals surface area contributed by atoms with Crippen LogP contribution in [0, 0.1) is 11.3 Å². The summed E-state index contributed by atoms with van der Waals surface area (Å²) in [5.41, 5.74) is 0.704. The molecule has 1 N–H and O–H groups in total. The smallest absolute Gasteiger partial charge is 0.408 e. The summed E-state index contributed by atoms with van der Waals surface area (Å²) in [7, 11) is 0. The largest absolute Gasteiger partial charge is 0.465 e. The summed E-state index contributed by atoms with van der Waals surface area (Å²) in [5, 5.41) is 18.3. The Balaban J connectivity index is 2.41. The molecule has 0 radical (unpaired) electrons. The van der Waals surface area contributed by atoms with Crippen LogP contribution < -0.4 is 0 Å². The van der Waals surface area contributed by atoms with E-state index in [1.807, 2.05) is 32.9 Å². The summed E-state index contributed by atoms with van der Waals surface area (Å²) in [6, 6.07) is 9.31. The van der Waals surface area contributed by atoms with Crippen LogP contribution in [0.4, 0.5) is 4.79 Å². The highest BCUT2D eigenvalue weighted by Gasteiger charge is 2.55. The van der Waals surface area contributed by atoms with Gasteiger partial charge in [-0.1, -0.05) is 12.1 Å². The molecule has 4 heteroatoms. The second-order valence-electron chi connectivity index (χ2n) is 6.01. The van der Waals surface area contributed by atoms with E-state index in [1.165, 1.54) is 0 Å². The molecule has 0 spiro atoms. The maximum atomic E-state index is 11.6. The van der Waals surface area contributed by atoms with Gasteiger partial charge in [0.05, 0.1) is 17.2 Å². The third kappa shape index (κ3) is 2.28. The molecule has 4 nitrogen and oxygen atoms in total. The Morgan fingerprint density at radius 1 is 1.32 bits per heavy atom. The summed E-state index contributed by atoms with van der Waals surface area (Å²) < 4.78 is 0. The van der Waals surface area contributed by atoms with Crippen molar-refractivity contribution in [1.29, 1.82) is 5.26 Å². The minimum atomic E-state index is -0.894. The predicted octanol–water partition coefficient (Wildman–Crippen LogP) is 3.33. The molecule has 1 saturated carbocycles. The Hall–Kier alpha value is -2.02. The second kappa shape index (κ2) is 4.27. The minimum absolute atomic E-state index is 0.419. The Morgan fingerprint density at radius 2 is 1.84 bits per heavy atom. The zero-order valence-electron chi connectivity index (χ0n) is 11.5. The van der Waals surface area contributed by atoms with Gasteiger partial charge in [0.2, 0.25) is 0 Å². The summed E-state index contributed by atoms with van der Waals surface area (Å²) in [6.07, 6.45) is 0.777. The lowest BCUT2D eigenvalue weighted by molar-refractivity contribution is 0.0595. The van der Waals surface area contributed by atoms with Crippen molar-refractivity contribution < 1.29 is 9.90 Å². The van der Waals surface area contributed by atoms with Crippen LogP contribution in [0.1, 0.15) is 44.7 Å². The monoisotopic (exact) mass is 258 g/mol. The van der Waals surface area contributed by atoms with Crippen LogP contribution in [-0.4, -0.2) is 21.6 Å². The molecule has 1 aliphatic rings. The normalized spacial score (nSPS) is 16.5. The molecule has 0 saturated heterocycles. The molecule has 0 bridgehead atoms. The molecule has 0 unspecified atom stereocenters. The quantitative estimate of drug-likeness (QED) is 0.884. The predicted molar refractivity (Wildman–Crippen MR) is 71.7 cm³/mol. The van der Waals surface area contributed by atoms with Crippen molar-refractivity contribution >= 4 is 6.09 Å². The summed E-state index contributed by atoms with van der Waals surface area (Å²) in [4.78, 5) is 13.1. The number of carbonyl (C=O) groups is 1. The van der Waals surface area contributed by atoms with E-state index in [4.69, 9.17) is 5.26 Å². The highest BCUT2D eigenvalue weighted by atomic mass is 16.4. The first kappa shape index (κ1) is 13.4. The number of nitrogens with zero attached hydrogens (tertiary/aromatic N) is 2. The van der Waals surface area contributed by atoms with E-state index in [9.17, 15) is 9.90 Å². The lowest BCUT2D eigenvalue weighted by atomic mass is 9.96. The number of carboxylic acid groups (broad SMARTS) is 1. The molecular weight excluding hydrogens is 240 g/mol. The van der Waals surface area contributed by atoms with Gasteiger partial charge in [0.15, 0.2) is 0 Å². The second-order valence-corrected chi connectivity index (χ2v) is 6.01. The molecule has 0 aromatic heterocycles. The van der Waals surface area contributed by atoms with Gasteiger partial charge in [0.25, 0.3) is 0 Å². The Labute approximate surface area is 113 Å². The van der Waals surface area contributed by atoms with Crippen molar-refractivity contribution in [2.75, 3.05) is 0 Å². The van der Waals surface area contributed by atoms with Crippen LogP contribution in [0.2, 0.25) is 0 Å². The molecule has 1 fully saturated rings. The van der Waals surface area contributed by atoms with Gasteiger partial charge in [-0.25, -0.2) is 4.79 Å². The van der Waals surface area contributed by atoms with E-state index in [2.05, 4.69) is 6.07 Å². The van der Waals surface area contributed by atoms with Gasteiger partial charge in [0.1, 0.15) is 0 Å². The molecular formula is C15H18N2O2. The first-order chi connectivity index (χ1) is 8.81. The average Bonchev–Trinajstić information content (AvgIpc) is 3.08. The van der Waals surface area contributed by atoms with Crippen molar-refractivity contribution in [2.24, 2.45) is 0 Å². The van der Waals surface area contributed by atoms with E-state index in [-0.39, 0.29) is 0 Å². The maximum absolute atomic E-state index is 11.6. The molecule has 100 valence electrons. The minimum Gasteiger partial charge on any atom is -0.465 e. The van der Waals surface area contributed by atoms with Crippen LogP contribution >= 0.6 is 0 Å². The highest BCUT2D eigenvalue weighted by molar-refractivity contribution is 5.68. The fourth-order valence-corrected chi connectivity index (χ4v) is 2.73. The van der Waals surface area contributed by atoms with Crippen molar-refractivity contribution in [1.82, 2.24) is 4.90 Å². The zero-order valence-corrected chi connectivity index (χ0v) is 11.5. The number of hydrogen-bond acceptors (Lipinski definition) is 2. The van der Waals surface area contributed by atoms with Crippen molar-refractivity contribution in [2.45, 2.75) is 44.7 Å². The van der Waals surface area contributed by atoms with Gasteiger partial charge in [-0.15, -0.1) is 0 Å². The summed E-state index contributed by atoms with van der Waals surface area (Å²) in [5.74, 6) is 0. The van der Waals surface area contributed by atoms with Crippen LogP contribution in [0.15, 0.2) is 24.3 Å². The van der Waals surface area contributed by atoms with Crippen LogP contribution in [0.5, 0.6) is 0 Å². The average molecular weight is 258 g/mol. The third-order valence-corrected chi connectivity index (χ3v) is 3.57. The Morgan fingerprint density at radius 3 is 2.16 bits per heavy atom. The number of nitriles is 1. The maximum Gasteiger partial charge on any atom is 0.408 e. The molecule has 1 aromatic rings. The van der Waals surface area contributed by atoms with Crippen molar-refractivity contribution in [3.63, 3.8) is 0 Å². The first-order valence-corrected chi connectivity index (χ1v) is 6.35. The Kier molecular flexibility index (Phi) is 3.01. The molecule has 1 aliphatic carbocycles. The third-order valence-electron chi connectivity index (χ3n) is 3.57. The van der Waals surface area contributed by atoms with Gasteiger partial charge in [-0.05, 0) is 51.3 Å². The van der Waals surface area contributed by atoms with E-state index >= 15 is 0 Å². The van der Waals surface area contributed by atoms with Gasteiger partial charge in [-0.2, -0.15) is 5.26 Å². The number of amides is 1. The molecule has 0 aliphatic heterocycles. The molecule has 0 atom stereocenters. The SMILES string of the molecule is CC(C)(C)N(C(=O)O)C1(c2ccc(C#N)cc2)CC1. The Bertz CT molecular complexity index is 531. The summed E-state index contributed by atoms with van der Waals surface area (Å²) >= 11 is 0. The lowest BCUT2D eigenvalue weighted by Crippen LogP contribution is -2.51. The first-order valence-electron chi connectivity index (χ1n) is 6.35. The fourth-order valence-electron chi connectivity index (χ4n) is 2.73. The molecule has 1 amide bonds. The molecule has 1 aromatic carbocycles. The fraction of sp³-hybridized carbons (Fsp3) is 0.467. The summed E-state index contributed by atoms with van der Waals surface area (Å²) in [6.45, 7) is 5.72. The zero-order chi connectivity index (χ0) is 14.3. The molecule has 0 heterocycles. The standard InChI is InChI=1S/C15H18N2O2/c1-14(2,3)17(13(18)19)15(8-9-15)12-6-4-11(10-16)5-7-12/h4-7H,8-9H2,1-3H3,(H,18,19). The molecule has 2 rings (SSSR count). The van der Waals surface area contributed by atoms with Crippen LogP contribution in [0.25, 0.3) is 0 Å². The molecule has 19 heavy (non-hydrogen) atoms. The number of hydrogen-bond donors (Lipinski definition) is 1.